The molecule has 104 valence electrons. The minimum absolute atomic E-state index is 0.0967. The first-order valence-corrected chi connectivity index (χ1v) is 6.53. The Morgan fingerprint density at radius 3 is 2.57 bits per heavy atom. The Bertz CT molecular complexity index is 823. The maximum Gasteiger partial charge on any atom is 0.255 e. The van der Waals surface area contributed by atoms with Gasteiger partial charge in [-0.15, -0.1) is 0 Å². The molecule has 0 aromatic heterocycles. The second kappa shape index (κ2) is 5.17. The summed E-state index contributed by atoms with van der Waals surface area (Å²) in [6.45, 7) is 0. The third kappa shape index (κ3) is 2.51. The van der Waals surface area contributed by atoms with E-state index in [0.717, 1.165) is 16.5 Å². The summed E-state index contributed by atoms with van der Waals surface area (Å²) in [7, 11) is 0. The molecular formula is C17H14N2O2. The van der Waals surface area contributed by atoms with Crippen molar-refractivity contribution in [3.05, 3.63) is 66.2 Å². The van der Waals surface area contributed by atoms with E-state index in [9.17, 15) is 9.90 Å². The van der Waals surface area contributed by atoms with Crippen LogP contribution >= 0.6 is 0 Å². The van der Waals surface area contributed by atoms with Gasteiger partial charge in [-0.3, -0.25) is 4.79 Å². The number of amides is 1. The highest BCUT2D eigenvalue weighted by Crippen LogP contribution is 2.25. The number of phenols is 1. The number of nitrogen functional groups attached to an aromatic ring is 1. The van der Waals surface area contributed by atoms with E-state index in [4.69, 9.17) is 5.73 Å². The number of hydrogen-bond donors (Lipinski definition) is 3. The zero-order valence-electron chi connectivity index (χ0n) is 11.2. The number of nitrogens with one attached hydrogen (secondary N) is 1. The number of benzene rings is 3. The van der Waals surface area contributed by atoms with Crippen molar-refractivity contribution in [3.8, 4) is 5.75 Å². The molecule has 4 nitrogen and oxygen atoms in total. The van der Waals surface area contributed by atoms with Crippen molar-refractivity contribution in [1.82, 2.24) is 0 Å². The van der Waals surface area contributed by atoms with Crippen molar-refractivity contribution < 1.29 is 9.90 Å². The highest BCUT2D eigenvalue weighted by molar-refractivity contribution is 6.09. The summed E-state index contributed by atoms with van der Waals surface area (Å²) in [5.74, 6) is -0.387. The van der Waals surface area contributed by atoms with Crippen LogP contribution in [0.3, 0.4) is 0 Å². The van der Waals surface area contributed by atoms with E-state index in [1.165, 1.54) is 12.1 Å². The van der Waals surface area contributed by atoms with Crippen molar-refractivity contribution in [1.29, 1.82) is 0 Å². The number of phenolic OH excluding ortho intramolecular Hbond substituents is 1. The summed E-state index contributed by atoms with van der Waals surface area (Å²) in [5, 5.41) is 14.5. The van der Waals surface area contributed by atoms with Gasteiger partial charge in [0.05, 0.1) is 5.69 Å². The predicted molar refractivity (Wildman–Crippen MR) is 84.4 cm³/mol. The van der Waals surface area contributed by atoms with E-state index < -0.39 is 0 Å². The topological polar surface area (TPSA) is 75.4 Å². The number of carbonyl (C=O) groups excluding carboxylic acids is 1. The first-order valence-electron chi connectivity index (χ1n) is 6.53. The number of aromatic hydroxyl groups is 1. The molecule has 21 heavy (non-hydrogen) atoms. The van der Waals surface area contributed by atoms with Crippen LogP contribution in [-0.4, -0.2) is 11.0 Å². The van der Waals surface area contributed by atoms with Gasteiger partial charge in [-0.25, -0.2) is 0 Å². The van der Waals surface area contributed by atoms with Gasteiger partial charge >= 0.3 is 0 Å². The number of nitrogens with two attached hydrogens (primary N) is 1. The number of carbonyl (C=O) groups is 1. The molecule has 0 atom stereocenters. The number of fused-ring (bicyclic) bond motifs is 1. The largest absolute Gasteiger partial charge is 0.506 e. The Hall–Kier alpha value is -3.01. The summed E-state index contributed by atoms with van der Waals surface area (Å²) in [4.78, 5) is 12.3. The van der Waals surface area contributed by atoms with Gasteiger partial charge in [0.2, 0.25) is 0 Å². The quantitative estimate of drug-likeness (QED) is 0.497. The third-order valence-corrected chi connectivity index (χ3v) is 3.33. The lowest BCUT2D eigenvalue weighted by Crippen LogP contribution is -2.12. The first kappa shape index (κ1) is 13.0. The van der Waals surface area contributed by atoms with E-state index in [1.54, 1.807) is 6.07 Å². The summed E-state index contributed by atoms with van der Waals surface area (Å²) in [6.07, 6.45) is 0. The minimum atomic E-state index is -0.290. The van der Waals surface area contributed by atoms with Gasteiger partial charge < -0.3 is 16.2 Å². The fourth-order valence-corrected chi connectivity index (χ4v) is 2.21. The van der Waals surface area contributed by atoms with Crippen LogP contribution in [0.15, 0.2) is 60.7 Å². The van der Waals surface area contributed by atoms with Gasteiger partial charge in [0.1, 0.15) is 5.75 Å². The molecule has 0 aliphatic carbocycles. The molecule has 3 rings (SSSR count). The Morgan fingerprint density at radius 2 is 1.76 bits per heavy atom. The average Bonchev–Trinajstić information content (AvgIpc) is 2.50. The summed E-state index contributed by atoms with van der Waals surface area (Å²) in [6, 6.07) is 18.0. The molecule has 0 saturated carbocycles. The molecule has 4 heteroatoms. The molecule has 4 N–H and O–H groups in total. The average molecular weight is 278 g/mol. The second-order valence-corrected chi connectivity index (χ2v) is 4.75. The maximum absolute atomic E-state index is 12.3. The van der Waals surface area contributed by atoms with E-state index in [-0.39, 0.29) is 17.3 Å². The molecule has 0 saturated heterocycles. The first-order chi connectivity index (χ1) is 10.1. The fourth-order valence-electron chi connectivity index (χ4n) is 2.21. The van der Waals surface area contributed by atoms with Gasteiger partial charge in [-0.05, 0) is 29.7 Å². The molecule has 3 aromatic carbocycles. The summed E-state index contributed by atoms with van der Waals surface area (Å²) < 4.78 is 0. The lowest BCUT2D eigenvalue weighted by Gasteiger charge is -2.09. The van der Waals surface area contributed by atoms with E-state index >= 15 is 0 Å². The minimum Gasteiger partial charge on any atom is -0.506 e. The van der Waals surface area contributed by atoms with Crippen LogP contribution in [0.25, 0.3) is 10.8 Å². The zero-order chi connectivity index (χ0) is 14.8. The van der Waals surface area contributed by atoms with Crippen molar-refractivity contribution in [2.45, 2.75) is 0 Å². The molecule has 0 aliphatic heterocycles. The normalized spacial score (nSPS) is 10.5. The smallest absolute Gasteiger partial charge is 0.255 e. The van der Waals surface area contributed by atoms with Crippen LogP contribution in [0.1, 0.15) is 10.4 Å². The summed E-state index contributed by atoms with van der Waals surface area (Å²) >= 11 is 0. The van der Waals surface area contributed by atoms with Crippen LogP contribution in [-0.2, 0) is 0 Å². The SMILES string of the molecule is Nc1ccc(C(=O)Nc2cccc3ccccc23)cc1O. The Balaban J connectivity index is 1.94. The van der Waals surface area contributed by atoms with Crippen LogP contribution in [0, 0.1) is 0 Å². The molecule has 0 fully saturated rings. The van der Waals surface area contributed by atoms with Gasteiger partial charge in [0.25, 0.3) is 5.91 Å². The lowest BCUT2D eigenvalue weighted by molar-refractivity contribution is 0.102. The van der Waals surface area contributed by atoms with Crippen molar-refractivity contribution >= 4 is 28.1 Å². The Kier molecular flexibility index (Phi) is 3.20. The van der Waals surface area contributed by atoms with Crippen LogP contribution in [0.5, 0.6) is 5.75 Å². The van der Waals surface area contributed by atoms with Gasteiger partial charge in [0, 0.05) is 16.6 Å². The van der Waals surface area contributed by atoms with E-state index in [0.29, 0.717) is 5.56 Å². The number of hydrogen-bond acceptors (Lipinski definition) is 3. The Labute approximate surface area is 121 Å². The van der Waals surface area contributed by atoms with Crippen LogP contribution < -0.4 is 11.1 Å². The molecule has 1 amide bonds. The predicted octanol–water partition coefficient (Wildman–Crippen LogP) is 3.38. The van der Waals surface area contributed by atoms with Gasteiger partial charge in [-0.2, -0.15) is 0 Å². The molecule has 0 aliphatic rings. The third-order valence-electron chi connectivity index (χ3n) is 3.33. The monoisotopic (exact) mass is 278 g/mol. The van der Waals surface area contributed by atoms with Gasteiger partial charge in [0.15, 0.2) is 0 Å². The Morgan fingerprint density at radius 1 is 1.00 bits per heavy atom. The second-order valence-electron chi connectivity index (χ2n) is 4.75. The highest BCUT2D eigenvalue weighted by atomic mass is 16.3. The molecule has 0 spiro atoms. The van der Waals surface area contributed by atoms with Crippen molar-refractivity contribution in [2.24, 2.45) is 0 Å². The number of rotatable bonds is 2. The molecule has 0 heterocycles. The standard InChI is InChI=1S/C17H14N2O2/c18-14-9-8-12(10-16(14)20)17(21)19-15-7-3-5-11-4-1-2-6-13(11)15/h1-10,20H,18H2,(H,19,21). The molecule has 0 unspecified atom stereocenters. The van der Waals surface area contributed by atoms with Crippen LogP contribution in [0.2, 0.25) is 0 Å². The molecule has 0 radical (unpaired) electrons. The maximum atomic E-state index is 12.3. The molecule has 0 bridgehead atoms. The molecular weight excluding hydrogens is 264 g/mol. The van der Waals surface area contributed by atoms with Gasteiger partial charge in [-0.1, -0.05) is 36.4 Å². The van der Waals surface area contributed by atoms with E-state index in [2.05, 4.69) is 5.32 Å². The lowest BCUT2D eigenvalue weighted by atomic mass is 10.1. The highest BCUT2D eigenvalue weighted by Gasteiger charge is 2.10. The summed E-state index contributed by atoms with van der Waals surface area (Å²) in [5.41, 5.74) is 6.87. The van der Waals surface area contributed by atoms with E-state index in [1.807, 2.05) is 42.5 Å². The fraction of sp³-hybridized carbons (Fsp3) is 0. The zero-order valence-corrected chi connectivity index (χ0v) is 11.2. The van der Waals surface area contributed by atoms with Crippen molar-refractivity contribution in [3.63, 3.8) is 0 Å². The van der Waals surface area contributed by atoms with Crippen molar-refractivity contribution in [2.75, 3.05) is 11.1 Å². The molecule has 3 aromatic rings. The van der Waals surface area contributed by atoms with Crippen LogP contribution in [0.4, 0.5) is 11.4 Å². The number of anilines is 2.